The van der Waals surface area contributed by atoms with Crippen molar-refractivity contribution in [2.24, 2.45) is 5.92 Å². The fourth-order valence-electron chi connectivity index (χ4n) is 2.34. The Hall–Kier alpha value is -1.88. The number of aryl methyl sites for hydroxylation is 1. The summed E-state index contributed by atoms with van der Waals surface area (Å²) < 4.78 is 7.11. The van der Waals surface area contributed by atoms with E-state index in [1.165, 1.54) is 0 Å². The van der Waals surface area contributed by atoms with E-state index in [4.69, 9.17) is 4.74 Å². The van der Waals surface area contributed by atoms with Crippen LogP contribution in [-0.4, -0.2) is 27.0 Å². The van der Waals surface area contributed by atoms with Crippen LogP contribution in [0.25, 0.3) is 0 Å². The van der Waals surface area contributed by atoms with Crippen LogP contribution >= 0.6 is 0 Å². The number of benzene rings is 1. The second kappa shape index (κ2) is 6.72. The van der Waals surface area contributed by atoms with Crippen LogP contribution in [0.1, 0.15) is 36.9 Å². The minimum Gasteiger partial charge on any atom is -0.496 e. The van der Waals surface area contributed by atoms with E-state index in [1.54, 1.807) is 13.4 Å². The zero-order valence-electron chi connectivity index (χ0n) is 13.1. The first kappa shape index (κ1) is 15.5. The molecule has 1 aromatic carbocycles. The monoisotopic (exact) mass is 289 g/mol. The first-order valence-electron chi connectivity index (χ1n) is 7.20. The van der Waals surface area contributed by atoms with Gasteiger partial charge in [0.15, 0.2) is 0 Å². The third kappa shape index (κ3) is 3.82. The Morgan fingerprint density at radius 1 is 1.33 bits per heavy atom. The second-order valence-corrected chi connectivity index (χ2v) is 5.70. The summed E-state index contributed by atoms with van der Waals surface area (Å²) in [4.78, 5) is 4.26. The molecule has 1 heterocycles. The van der Waals surface area contributed by atoms with Crippen molar-refractivity contribution in [2.75, 3.05) is 7.11 Å². The Balaban J connectivity index is 2.12. The lowest BCUT2D eigenvalue weighted by atomic mass is 10.0. The van der Waals surface area contributed by atoms with Gasteiger partial charge in [-0.25, -0.2) is 9.67 Å². The maximum Gasteiger partial charge on any atom is 0.138 e. The summed E-state index contributed by atoms with van der Waals surface area (Å²) in [6, 6.07) is 5.72. The van der Waals surface area contributed by atoms with E-state index < -0.39 is 6.10 Å². The predicted molar refractivity (Wildman–Crippen MR) is 81.3 cm³/mol. The van der Waals surface area contributed by atoms with Gasteiger partial charge in [0.05, 0.1) is 13.2 Å². The Morgan fingerprint density at radius 2 is 2.10 bits per heavy atom. The van der Waals surface area contributed by atoms with Gasteiger partial charge in [0.2, 0.25) is 0 Å². The van der Waals surface area contributed by atoms with E-state index in [0.29, 0.717) is 12.3 Å². The van der Waals surface area contributed by atoms with E-state index in [9.17, 15) is 5.11 Å². The number of aliphatic hydroxyl groups is 1. The zero-order valence-corrected chi connectivity index (χ0v) is 13.1. The molecule has 114 valence electrons. The molecule has 5 nitrogen and oxygen atoms in total. The fourth-order valence-corrected chi connectivity index (χ4v) is 2.34. The van der Waals surface area contributed by atoms with Gasteiger partial charge in [-0.3, -0.25) is 0 Å². The number of hydrogen-bond donors (Lipinski definition) is 1. The zero-order chi connectivity index (χ0) is 15.4. The van der Waals surface area contributed by atoms with E-state index in [0.717, 1.165) is 29.2 Å². The Kier molecular flexibility index (Phi) is 4.96. The molecule has 0 radical (unpaired) electrons. The molecule has 0 saturated heterocycles. The van der Waals surface area contributed by atoms with E-state index in [1.807, 2.05) is 29.8 Å². The summed E-state index contributed by atoms with van der Waals surface area (Å²) >= 11 is 0. The van der Waals surface area contributed by atoms with E-state index in [2.05, 4.69) is 23.9 Å². The highest BCUT2D eigenvalue weighted by Gasteiger charge is 2.15. The molecule has 0 aliphatic rings. The molecule has 0 bridgehead atoms. The van der Waals surface area contributed by atoms with Crippen molar-refractivity contribution in [2.45, 2.75) is 39.8 Å². The molecule has 5 heteroatoms. The fraction of sp³-hybridized carbons (Fsp3) is 0.500. The number of aromatic nitrogens is 3. The van der Waals surface area contributed by atoms with Crippen molar-refractivity contribution in [1.29, 1.82) is 0 Å². The molecule has 0 aliphatic heterocycles. The first-order valence-corrected chi connectivity index (χ1v) is 7.20. The number of aliphatic hydroxyl groups excluding tert-OH is 1. The standard InChI is InChI=1S/C16H23N3O2/c1-11(2)9-19-16(17-10-18-19)8-14(20)13-5-6-15(21-4)12(3)7-13/h5-7,10-11,14,20H,8-9H2,1-4H3. The van der Waals surface area contributed by atoms with Crippen LogP contribution < -0.4 is 4.74 Å². The minimum absolute atomic E-state index is 0.457. The largest absolute Gasteiger partial charge is 0.496 e. The molecule has 1 aromatic heterocycles. The van der Waals surface area contributed by atoms with Crippen LogP contribution in [0.5, 0.6) is 5.75 Å². The topological polar surface area (TPSA) is 60.2 Å². The van der Waals surface area contributed by atoms with Crippen molar-refractivity contribution >= 4 is 0 Å². The maximum absolute atomic E-state index is 10.4. The van der Waals surface area contributed by atoms with Gasteiger partial charge in [-0.15, -0.1) is 0 Å². The molecule has 21 heavy (non-hydrogen) atoms. The van der Waals surface area contributed by atoms with Crippen molar-refractivity contribution in [3.8, 4) is 5.75 Å². The molecule has 0 saturated carbocycles. The Labute approximate surface area is 125 Å². The molecule has 0 aliphatic carbocycles. The van der Waals surface area contributed by atoms with Gasteiger partial charge in [0, 0.05) is 13.0 Å². The molecule has 1 atom stereocenters. The number of nitrogens with zero attached hydrogens (tertiary/aromatic N) is 3. The summed E-state index contributed by atoms with van der Waals surface area (Å²) in [5.74, 6) is 2.13. The lowest BCUT2D eigenvalue weighted by Crippen LogP contribution is -2.13. The third-order valence-corrected chi connectivity index (χ3v) is 3.41. The number of hydrogen-bond acceptors (Lipinski definition) is 4. The van der Waals surface area contributed by atoms with Crippen molar-refractivity contribution in [3.63, 3.8) is 0 Å². The quantitative estimate of drug-likeness (QED) is 0.887. The Bertz CT molecular complexity index is 593. The number of methoxy groups -OCH3 is 1. The third-order valence-electron chi connectivity index (χ3n) is 3.41. The minimum atomic E-state index is -0.593. The van der Waals surface area contributed by atoms with Gasteiger partial charge in [-0.1, -0.05) is 19.9 Å². The van der Waals surface area contributed by atoms with Crippen LogP contribution in [0.15, 0.2) is 24.5 Å². The molecular formula is C16H23N3O2. The lowest BCUT2D eigenvalue weighted by molar-refractivity contribution is 0.173. The molecule has 1 N–H and O–H groups in total. The van der Waals surface area contributed by atoms with Gasteiger partial charge >= 0.3 is 0 Å². The van der Waals surface area contributed by atoms with Crippen molar-refractivity contribution in [1.82, 2.24) is 14.8 Å². The van der Waals surface area contributed by atoms with Crippen molar-refractivity contribution in [3.05, 3.63) is 41.5 Å². The first-order chi connectivity index (χ1) is 10.0. The van der Waals surface area contributed by atoms with Crippen molar-refractivity contribution < 1.29 is 9.84 Å². The summed E-state index contributed by atoms with van der Waals surface area (Å²) in [5, 5.41) is 14.6. The predicted octanol–water partition coefficient (Wildman–Crippen LogP) is 2.53. The van der Waals surface area contributed by atoms with Gasteiger partial charge in [0.1, 0.15) is 17.9 Å². The molecule has 0 spiro atoms. The Morgan fingerprint density at radius 3 is 2.71 bits per heavy atom. The highest BCUT2D eigenvalue weighted by atomic mass is 16.5. The SMILES string of the molecule is COc1ccc(C(O)Cc2ncnn2CC(C)C)cc1C. The molecular weight excluding hydrogens is 266 g/mol. The lowest BCUT2D eigenvalue weighted by Gasteiger charge is -2.14. The molecule has 0 fully saturated rings. The van der Waals surface area contributed by atoms with E-state index >= 15 is 0 Å². The van der Waals surface area contributed by atoms with Crippen LogP contribution in [-0.2, 0) is 13.0 Å². The molecule has 2 aromatic rings. The smallest absolute Gasteiger partial charge is 0.138 e. The van der Waals surface area contributed by atoms with Gasteiger partial charge in [0.25, 0.3) is 0 Å². The molecule has 2 rings (SSSR count). The molecule has 0 amide bonds. The van der Waals surface area contributed by atoms with Crippen LogP contribution in [0.4, 0.5) is 0 Å². The summed E-state index contributed by atoms with van der Waals surface area (Å²) in [6.07, 6.45) is 1.41. The van der Waals surface area contributed by atoms with Gasteiger partial charge < -0.3 is 9.84 Å². The number of rotatable bonds is 6. The number of ether oxygens (including phenoxy) is 1. The molecule has 1 unspecified atom stereocenters. The van der Waals surface area contributed by atoms with Gasteiger partial charge in [-0.2, -0.15) is 5.10 Å². The van der Waals surface area contributed by atoms with Gasteiger partial charge in [-0.05, 0) is 36.1 Å². The summed E-state index contributed by atoms with van der Waals surface area (Å²) in [6.45, 7) is 7.05. The van der Waals surface area contributed by atoms with Crippen LogP contribution in [0.3, 0.4) is 0 Å². The maximum atomic E-state index is 10.4. The van der Waals surface area contributed by atoms with E-state index in [-0.39, 0.29) is 0 Å². The summed E-state index contributed by atoms with van der Waals surface area (Å²) in [7, 11) is 1.65. The summed E-state index contributed by atoms with van der Waals surface area (Å²) in [5.41, 5.74) is 1.88. The van der Waals surface area contributed by atoms with Crippen LogP contribution in [0.2, 0.25) is 0 Å². The average molecular weight is 289 g/mol. The highest BCUT2D eigenvalue weighted by molar-refractivity contribution is 5.37. The normalized spacial score (nSPS) is 12.7. The highest BCUT2D eigenvalue weighted by Crippen LogP contribution is 2.24. The van der Waals surface area contributed by atoms with Crippen LogP contribution in [0, 0.1) is 12.8 Å². The second-order valence-electron chi connectivity index (χ2n) is 5.70. The average Bonchev–Trinajstić information content (AvgIpc) is 2.85.